The molecule has 36 heavy (non-hydrogen) atoms. The van der Waals surface area contributed by atoms with Crippen molar-refractivity contribution in [1.82, 2.24) is 9.47 Å². The van der Waals surface area contributed by atoms with Crippen molar-refractivity contribution in [3.8, 4) is 5.75 Å². The minimum absolute atomic E-state index is 0.130. The number of rotatable bonds is 11. The van der Waals surface area contributed by atoms with E-state index in [1.807, 2.05) is 30.3 Å². The molecule has 0 aliphatic rings. The second-order valence-corrected chi connectivity index (χ2v) is 9.16. The summed E-state index contributed by atoms with van der Waals surface area (Å²) in [7, 11) is 4.59. The topological polar surface area (TPSA) is 87.1 Å². The third-order valence-electron chi connectivity index (χ3n) is 5.98. The van der Waals surface area contributed by atoms with Crippen LogP contribution in [-0.2, 0) is 16.0 Å². The second kappa shape index (κ2) is 11.5. The lowest BCUT2D eigenvalue weighted by molar-refractivity contribution is 0.0629. The van der Waals surface area contributed by atoms with Crippen LogP contribution in [0.25, 0.3) is 21.0 Å². The fourth-order valence-corrected chi connectivity index (χ4v) is 5.42. The molecule has 0 unspecified atom stereocenters. The minimum Gasteiger partial charge on any atom is -0.494 e. The highest BCUT2D eigenvalue weighted by molar-refractivity contribution is 7.22. The van der Waals surface area contributed by atoms with E-state index in [0.717, 1.165) is 5.39 Å². The highest BCUT2D eigenvalue weighted by Crippen LogP contribution is 2.40. The Bertz CT molecular complexity index is 1440. The summed E-state index contributed by atoms with van der Waals surface area (Å²) in [6.07, 6.45) is 0. The Morgan fingerprint density at radius 2 is 1.56 bits per heavy atom. The van der Waals surface area contributed by atoms with Gasteiger partial charge in [-0.1, -0.05) is 48.5 Å². The van der Waals surface area contributed by atoms with Gasteiger partial charge < -0.3 is 19.1 Å². The zero-order chi connectivity index (χ0) is 25.7. The summed E-state index contributed by atoms with van der Waals surface area (Å²) in [5.74, 6) is -0.230. The Labute approximate surface area is 212 Å². The molecule has 188 valence electrons. The average Bonchev–Trinajstić information content (AvgIpc) is 3.31. The molecular weight excluding hydrogens is 480 g/mol. The number of amides is 1. The molecule has 0 bridgehead atoms. The molecule has 0 atom stereocenters. The average molecular weight is 509 g/mol. The number of thiophene rings is 1. The number of ketones is 1. The molecule has 2 aromatic heterocycles. The number of benzene rings is 2. The molecule has 0 radical (unpaired) electrons. The maximum Gasteiger partial charge on any atom is 0.267 e. The maximum atomic E-state index is 13.8. The first-order valence-electron chi connectivity index (χ1n) is 11.5. The number of hydrogen-bond donors (Lipinski definition) is 0. The van der Waals surface area contributed by atoms with Crippen LogP contribution in [-0.4, -0.2) is 68.8 Å². The summed E-state index contributed by atoms with van der Waals surface area (Å²) in [5, 5.41) is 1.07. The first-order valence-corrected chi connectivity index (χ1v) is 12.3. The van der Waals surface area contributed by atoms with Crippen LogP contribution in [0.1, 0.15) is 20.0 Å². The van der Waals surface area contributed by atoms with Crippen LogP contribution in [0.15, 0.2) is 59.4 Å². The predicted octanol–water partition coefficient (Wildman–Crippen LogP) is 3.84. The van der Waals surface area contributed by atoms with Crippen LogP contribution < -0.4 is 10.3 Å². The van der Waals surface area contributed by atoms with Crippen LogP contribution in [0.4, 0.5) is 0 Å². The number of Topliss-reactive ketones (excluding diaryl/α,β-unsaturated/α-hetero) is 1. The summed E-state index contributed by atoms with van der Waals surface area (Å²) in [6.45, 7) is 1.33. The monoisotopic (exact) mass is 508 g/mol. The smallest absolute Gasteiger partial charge is 0.267 e. The lowest BCUT2D eigenvalue weighted by Gasteiger charge is -2.21. The van der Waals surface area contributed by atoms with Crippen molar-refractivity contribution in [2.45, 2.75) is 6.54 Å². The van der Waals surface area contributed by atoms with Gasteiger partial charge in [0.1, 0.15) is 10.3 Å². The highest BCUT2D eigenvalue weighted by atomic mass is 32.1. The lowest BCUT2D eigenvalue weighted by atomic mass is 10.1. The molecule has 2 heterocycles. The number of aromatic nitrogens is 1. The van der Waals surface area contributed by atoms with E-state index in [1.54, 1.807) is 43.4 Å². The van der Waals surface area contributed by atoms with E-state index in [-0.39, 0.29) is 29.5 Å². The maximum absolute atomic E-state index is 13.8. The van der Waals surface area contributed by atoms with Crippen molar-refractivity contribution in [3.05, 3.63) is 75.4 Å². The van der Waals surface area contributed by atoms with Crippen molar-refractivity contribution < 1.29 is 23.8 Å². The standard InChI is InChI=1S/C27H28N2O6S/c1-33-15-13-28(14-16-34-2)27(32)25-23(35-3)22-24(36-25)19-11-7-8-12-20(19)29(26(22)31)17-21(30)18-9-5-4-6-10-18/h4-12H,13-17H2,1-3H3. The molecule has 2 aromatic carbocycles. The van der Waals surface area contributed by atoms with Crippen LogP contribution in [0.3, 0.4) is 0 Å². The van der Waals surface area contributed by atoms with Crippen molar-refractivity contribution in [1.29, 1.82) is 0 Å². The zero-order valence-electron chi connectivity index (χ0n) is 20.5. The third kappa shape index (κ3) is 4.90. The molecule has 0 aliphatic carbocycles. The molecule has 0 aliphatic heterocycles. The summed E-state index contributed by atoms with van der Waals surface area (Å²) in [4.78, 5) is 42.4. The first-order chi connectivity index (χ1) is 17.5. The van der Waals surface area contributed by atoms with Gasteiger partial charge in [-0.2, -0.15) is 0 Å². The highest BCUT2D eigenvalue weighted by Gasteiger charge is 2.28. The molecule has 0 saturated heterocycles. The SMILES string of the molecule is COCCN(CCOC)C(=O)c1sc2c(c1OC)c(=O)n(CC(=O)c1ccccc1)c1ccccc21. The summed E-state index contributed by atoms with van der Waals surface area (Å²) < 4.78 is 18.1. The third-order valence-corrected chi connectivity index (χ3v) is 7.17. The van der Waals surface area contributed by atoms with Gasteiger partial charge in [-0.3, -0.25) is 19.0 Å². The Kier molecular flexibility index (Phi) is 8.14. The molecule has 1 amide bonds. The van der Waals surface area contributed by atoms with E-state index in [9.17, 15) is 14.4 Å². The molecule has 0 fully saturated rings. The van der Waals surface area contributed by atoms with Crippen molar-refractivity contribution in [2.75, 3.05) is 47.6 Å². The number of nitrogens with zero attached hydrogens (tertiary/aromatic N) is 2. The number of carbonyl (C=O) groups is 2. The van der Waals surface area contributed by atoms with Crippen LogP contribution >= 0.6 is 11.3 Å². The number of carbonyl (C=O) groups excluding carboxylic acids is 2. The van der Waals surface area contributed by atoms with Gasteiger partial charge in [0.2, 0.25) is 0 Å². The normalized spacial score (nSPS) is 11.2. The van der Waals surface area contributed by atoms with Gasteiger partial charge in [0.25, 0.3) is 11.5 Å². The van der Waals surface area contributed by atoms with Crippen LogP contribution in [0.5, 0.6) is 5.75 Å². The van der Waals surface area contributed by atoms with E-state index in [0.29, 0.717) is 52.3 Å². The molecule has 9 heteroatoms. The Balaban J connectivity index is 1.88. The fourth-order valence-electron chi connectivity index (χ4n) is 4.16. The van der Waals surface area contributed by atoms with Crippen molar-refractivity contribution in [3.63, 3.8) is 0 Å². The number of hydrogen-bond acceptors (Lipinski definition) is 7. The van der Waals surface area contributed by atoms with Gasteiger partial charge >= 0.3 is 0 Å². The Morgan fingerprint density at radius 1 is 0.917 bits per heavy atom. The molecular formula is C27H28N2O6S. The minimum atomic E-state index is -0.375. The molecule has 8 nitrogen and oxygen atoms in total. The van der Waals surface area contributed by atoms with Gasteiger partial charge in [0, 0.05) is 38.3 Å². The molecule has 0 saturated carbocycles. The first kappa shape index (κ1) is 25.6. The number of methoxy groups -OCH3 is 3. The number of ether oxygens (including phenoxy) is 3. The van der Waals surface area contributed by atoms with Gasteiger partial charge in [0.15, 0.2) is 11.5 Å². The lowest BCUT2D eigenvalue weighted by Crippen LogP contribution is -2.36. The number of pyridine rings is 1. The Hall–Kier alpha value is -3.53. The second-order valence-electron chi connectivity index (χ2n) is 8.14. The van der Waals surface area contributed by atoms with Gasteiger partial charge in [0.05, 0.1) is 37.1 Å². The van der Waals surface area contributed by atoms with E-state index in [2.05, 4.69) is 0 Å². The quantitative estimate of drug-likeness (QED) is 0.286. The van der Waals surface area contributed by atoms with Gasteiger partial charge in [-0.15, -0.1) is 11.3 Å². The Morgan fingerprint density at radius 3 is 2.19 bits per heavy atom. The largest absolute Gasteiger partial charge is 0.494 e. The van der Waals surface area contributed by atoms with Crippen LogP contribution in [0, 0.1) is 0 Å². The van der Waals surface area contributed by atoms with Crippen molar-refractivity contribution >= 4 is 44.0 Å². The van der Waals surface area contributed by atoms with Gasteiger partial charge in [-0.25, -0.2) is 0 Å². The summed E-state index contributed by atoms with van der Waals surface area (Å²) in [6, 6.07) is 16.3. The van der Waals surface area contributed by atoms with Crippen LogP contribution in [0.2, 0.25) is 0 Å². The molecule has 0 N–H and O–H groups in total. The van der Waals surface area contributed by atoms with E-state index < -0.39 is 0 Å². The van der Waals surface area contributed by atoms with Gasteiger partial charge in [-0.05, 0) is 6.07 Å². The number of para-hydroxylation sites is 1. The predicted molar refractivity (Wildman–Crippen MR) is 141 cm³/mol. The van der Waals surface area contributed by atoms with E-state index in [4.69, 9.17) is 14.2 Å². The summed E-state index contributed by atoms with van der Waals surface area (Å²) >= 11 is 1.22. The van der Waals surface area contributed by atoms with E-state index in [1.165, 1.54) is 23.0 Å². The molecule has 0 spiro atoms. The van der Waals surface area contributed by atoms with E-state index >= 15 is 0 Å². The zero-order valence-corrected chi connectivity index (χ0v) is 21.3. The molecule has 4 aromatic rings. The summed E-state index contributed by atoms with van der Waals surface area (Å²) in [5.41, 5.74) is 0.770. The number of fused-ring (bicyclic) bond motifs is 3. The fraction of sp³-hybridized carbons (Fsp3) is 0.296. The molecule has 4 rings (SSSR count). The van der Waals surface area contributed by atoms with Crippen molar-refractivity contribution in [2.24, 2.45) is 0 Å².